The molecule has 0 amide bonds. The normalized spacial score (nSPS) is 7.40. The number of carbonyl (C=O) groups excluding carboxylic acids is 1. The predicted octanol–water partition coefficient (Wildman–Crippen LogP) is 1.18. The van der Waals surface area contributed by atoms with Gasteiger partial charge in [-0.05, 0) is 0 Å². The van der Waals surface area contributed by atoms with Gasteiger partial charge in [-0.15, -0.1) is 5.92 Å². The zero-order valence-corrected chi connectivity index (χ0v) is 6.14. The van der Waals surface area contributed by atoms with Crippen LogP contribution in [0.3, 0.4) is 0 Å². The molecule has 0 aliphatic carbocycles. The molecule has 0 radical (unpaired) electrons. The molecule has 0 heterocycles. The molecule has 0 saturated heterocycles. The predicted molar refractivity (Wildman–Crippen MR) is 36.4 cm³/mol. The van der Waals surface area contributed by atoms with Gasteiger partial charge in [0.1, 0.15) is 0 Å². The monoisotopic (exact) mass is 142 g/mol. The van der Waals surface area contributed by atoms with Crippen molar-refractivity contribution in [2.75, 3.05) is 13.7 Å². The summed E-state index contributed by atoms with van der Waals surface area (Å²) >= 11 is 0. The summed E-state index contributed by atoms with van der Waals surface area (Å²) in [5.74, 6) is 5.37. The summed E-state index contributed by atoms with van der Waals surface area (Å²) in [6.45, 7) is 2.03. The van der Waals surface area contributed by atoms with Crippen LogP contribution in [0.5, 0.6) is 0 Å². The van der Waals surface area contributed by atoms with Gasteiger partial charge in [0.2, 0.25) is 0 Å². The van der Waals surface area contributed by atoms with Crippen LogP contribution in [-0.2, 0) is 9.47 Å². The summed E-state index contributed by atoms with van der Waals surface area (Å²) in [6.07, 6.45) is 0.0789. The maximum atomic E-state index is 10.3. The van der Waals surface area contributed by atoms with Crippen molar-refractivity contribution in [2.45, 2.75) is 13.3 Å². The van der Waals surface area contributed by atoms with Gasteiger partial charge >= 0.3 is 6.16 Å². The molecule has 0 fully saturated rings. The number of carbonyl (C=O) groups is 1. The number of methoxy groups -OCH3 is 1. The third kappa shape index (κ3) is 4.98. The first-order chi connectivity index (χ1) is 4.81. The first-order valence-electron chi connectivity index (χ1n) is 2.97. The number of rotatable bonds is 1. The van der Waals surface area contributed by atoms with Crippen LogP contribution in [0.4, 0.5) is 4.79 Å². The summed E-state index contributed by atoms with van der Waals surface area (Å²) < 4.78 is 8.66. The summed E-state index contributed by atoms with van der Waals surface area (Å²) in [4.78, 5) is 10.3. The first kappa shape index (κ1) is 8.83. The maximum Gasteiger partial charge on any atom is 0.508 e. The molecule has 0 aromatic heterocycles. The van der Waals surface area contributed by atoms with Gasteiger partial charge in [-0.2, -0.15) is 0 Å². The van der Waals surface area contributed by atoms with Crippen LogP contribution in [0.25, 0.3) is 0 Å². The summed E-state index contributed by atoms with van der Waals surface area (Å²) in [5.41, 5.74) is 0. The zero-order valence-electron chi connectivity index (χ0n) is 6.14. The van der Waals surface area contributed by atoms with Crippen molar-refractivity contribution < 1.29 is 14.3 Å². The second-order valence-corrected chi connectivity index (χ2v) is 1.45. The van der Waals surface area contributed by atoms with E-state index in [4.69, 9.17) is 0 Å². The van der Waals surface area contributed by atoms with Crippen molar-refractivity contribution in [3.05, 3.63) is 0 Å². The summed E-state index contributed by atoms with van der Waals surface area (Å²) in [7, 11) is 1.26. The Morgan fingerprint density at radius 1 is 1.50 bits per heavy atom. The Morgan fingerprint density at radius 3 is 2.70 bits per heavy atom. The molecule has 0 bridgehead atoms. The van der Waals surface area contributed by atoms with E-state index in [9.17, 15) is 4.79 Å². The highest BCUT2D eigenvalue weighted by molar-refractivity contribution is 5.59. The average Bonchev–Trinajstić information content (AvgIpc) is 1.98. The molecule has 0 rings (SSSR count). The Morgan fingerprint density at radius 2 is 2.20 bits per heavy atom. The van der Waals surface area contributed by atoms with Gasteiger partial charge in [-0.1, -0.05) is 12.8 Å². The van der Waals surface area contributed by atoms with Crippen LogP contribution in [0.2, 0.25) is 0 Å². The van der Waals surface area contributed by atoms with Crippen molar-refractivity contribution in [3.63, 3.8) is 0 Å². The van der Waals surface area contributed by atoms with Crippen LogP contribution in [0.15, 0.2) is 0 Å². The molecular weight excluding hydrogens is 132 g/mol. The highest BCUT2D eigenvalue weighted by Crippen LogP contribution is 1.79. The molecule has 0 spiro atoms. The van der Waals surface area contributed by atoms with Crippen molar-refractivity contribution in [1.82, 2.24) is 0 Å². The Bertz CT molecular complexity index is 152. The number of ether oxygens (including phenoxy) is 2. The minimum Gasteiger partial charge on any atom is -0.438 e. The standard InChI is InChI=1S/C7H10O3/c1-3-4-5-6-10-7(8)9-2/h3,6H2,1-2H3. The van der Waals surface area contributed by atoms with Crippen LogP contribution < -0.4 is 0 Å². The quantitative estimate of drug-likeness (QED) is 0.407. The SMILES string of the molecule is CCC#CCOC(=O)OC. The van der Waals surface area contributed by atoms with E-state index >= 15 is 0 Å². The Labute approximate surface area is 60.3 Å². The fourth-order valence-corrected chi connectivity index (χ4v) is 0.330. The molecule has 3 nitrogen and oxygen atoms in total. The van der Waals surface area contributed by atoms with Gasteiger partial charge in [-0.3, -0.25) is 0 Å². The van der Waals surface area contributed by atoms with E-state index in [-0.39, 0.29) is 6.61 Å². The van der Waals surface area contributed by atoms with Crippen molar-refractivity contribution in [3.8, 4) is 11.8 Å². The average molecular weight is 142 g/mol. The second kappa shape index (κ2) is 5.96. The van der Waals surface area contributed by atoms with Crippen LogP contribution in [0, 0.1) is 11.8 Å². The number of hydrogen-bond acceptors (Lipinski definition) is 3. The highest BCUT2D eigenvalue weighted by Gasteiger charge is 1.94. The van der Waals surface area contributed by atoms with Gasteiger partial charge in [0.15, 0.2) is 6.61 Å². The van der Waals surface area contributed by atoms with Crippen molar-refractivity contribution in [1.29, 1.82) is 0 Å². The fourth-order valence-electron chi connectivity index (χ4n) is 0.330. The Hall–Kier alpha value is -1.17. The van der Waals surface area contributed by atoms with E-state index in [1.54, 1.807) is 0 Å². The van der Waals surface area contributed by atoms with E-state index in [0.717, 1.165) is 6.42 Å². The van der Waals surface area contributed by atoms with E-state index < -0.39 is 6.16 Å². The molecule has 56 valence electrons. The third-order valence-electron chi connectivity index (χ3n) is 0.731. The van der Waals surface area contributed by atoms with Crippen LogP contribution in [-0.4, -0.2) is 19.9 Å². The summed E-state index contributed by atoms with van der Waals surface area (Å²) in [6, 6.07) is 0. The van der Waals surface area contributed by atoms with E-state index in [1.807, 2.05) is 6.92 Å². The molecule has 0 aromatic carbocycles. The second-order valence-electron chi connectivity index (χ2n) is 1.45. The minimum atomic E-state index is -0.689. The molecular formula is C7H10O3. The van der Waals surface area contributed by atoms with Gasteiger partial charge < -0.3 is 9.47 Å². The number of hydrogen-bond donors (Lipinski definition) is 0. The Balaban J connectivity index is 3.27. The largest absolute Gasteiger partial charge is 0.508 e. The smallest absolute Gasteiger partial charge is 0.438 e. The lowest BCUT2D eigenvalue weighted by atomic mass is 10.5. The lowest BCUT2D eigenvalue weighted by Gasteiger charge is -1.94. The van der Waals surface area contributed by atoms with Gasteiger partial charge in [0.05, 0.1) is 7.11 Å². The van der Waals surface area contributed by atoms with Crippen LogP contribution >= 0.6 is 0 Å². The topological polar surface area (TPSA) is 35.5 Å². The van der Waals surface area contributed by atoms with Gasteiger partial charge in [0.25, 0.3) is 0 Å². The van der Waals surface area contributed by atoms with Crippen molar-refractivity contribution in [2.24, 2.45) is 0 Å². The fraction of sp³-hybridized carbons (Fsp3) is 0.571. The first-order valence-corrected chi connectivity index (χ1v) is 2.97. The molecule has 0 unspecified atom stereocenters. The van der Waals surface area contributed by atoms with E-state index in [1.165, 1.54) is 7.11 Å². The zero-order chi connectivity index (χ0) is 7.82. The molecule has 0 saturated carbocycles. The van der Waals surface area contributed by atoms with E-state index in [2.05, 4.69) is 21.3 Å². The molecule has 3 heteroatoms. The van der Waals surface area contributed by atoms with E-state index in [0.29, 0.717) is 0 Å². The molecule has 0 aliphatic heterocycles. The highest BCUT2D eigenvalue weighted by atomic mass is 16.7. The van der Waals surface area contributed by atoms with Gasteiger partial charge in [-0.25, -0.2) is 4.79 Å². The lowest BCUT2D eigenvalue weighted by molar-refractivity contribution is 0.0832. The third-order valence-corrected chi connectivity index (χ3v) is 0.731. The molecule has 0 aromatic rings. The van der Waals surface area contributed by atoms with Crippen molar-refractivity contribution >= 4 is 6.16 Å². The Kier molecular flexibility index (Phi) is 5.26. The summed E-state index contributed by atoms with van der Waals surface area (Å²) in [5, 5.41) is 0. The van der Waals surface area contributed by atoms with Crippen LogP contribution in [0.1, 0.15) is 13.3 Å². The molecule has 0 N–H and O–H groups in total. The maximum absolute atomic E-state index is 10.3. The minimum absolute atomic E-state index is 0.112. The van der Waals surface area contributed by atoms with Gasteiger partial charge in [0, 0.05) is 6.42 Å². The molecule has 0 aliphatic rings. The molecule has 0 atom stereocenters. The lowest BCUT2D eigenvalue weighted by Crippen LogP contribution is -2.03. The molecule has 10 heavy (non-hydrogen) atoms.